The molecule has 18 atom stereocenters. The van der Waals surface area contributed by atoms with Crippen molar-refractivity contribution in [2.24, 2.45) is 29.6 Å². The summed E-state index contributed by atoms with van der Waals surface area (Å²) in [6, 6.07) is 9.93. The van der Waals surface area contributed by atoms with Crippen molar-refractivity contribution < 1.29 is 150 Å². The number of H-pyrrole nitrogens is 2. The van der Waals surface area contributed by atoms with Crippen LogP contribution in [0.1, 0.15) is 177 Å². The Labute approximate surface area is 747 Å². The normalized spacial score (nSPS) is 27.9. The summed E-state index contributed by atoms with van der Waals surface area (Å²) in [6.45, 7) is 22.9. The SMILES string of the molecule is CC[C@@H]1C2OCC[C@]1(CC)O[C@H]2n1cnc2c(=O)[nH]c(N)nc21.CC[C@@H]1C2OCC[C@]1(CC)O[C@H]2n1cnc2c(N)ncnc21.CC[C@@H]1[CH-][C@H](n2ccc(N)nc2=O)O[C@@H]1CC.CC[C@@H]1[CH-][C@H](n2cnc3c(=O)[nH]c(N)nc32)O[C@@H]1CC.CC[C@@H]1[CH-][C@H](n2cnc3c(N)ncnc32)O[C@@H]1CC.COP(=O)(O)Oc1ccccc1.[Y].[Y].[Y]. The van der Waals surface area contributed by atoms with Crippen molar-refractivity contribution in [1.82, 2.24) is 87.6 Å². The van der Waals surface area contributed by atoms with Crippen LogP contribution in [-0.2, 0) is 140 Å². The molecule has 4 bridgehead atoms. The Bertz CT molecular complexity index is 5060. The second-order valence-corrected chi connectivity index (χ2v) is 30.1. The van der Waals surface area contributed by atoms with E-state index >= 15 is 0 Å². The van der Waals surface area contributed by atoms with E-state index in [-0.39, 0.29) is 217 Å². The van der Waals surface area contributed by atoms with Gasteiger partial charge >= 0.3 is 13.5 Å². The Hall–Kier alpha value is -6.12. The first-order chi connectivity index (χ1) is 54.5. The fraction of sp³-hybridized carbons (Fsp3) is 0.560. The molecule has 13 N–H and O–H groups in total. The van der Waals surface area contributed by atoms with Crippen molar-refractivity contribution in [1.29, 1.82) is 0 Å². The number of benzene rings is 1. The van der Waals surface area contributed by atoms with Gasteiger partial charge in [0.05, 0.1) is 36.5 Å². The summed E-state index contributed by atoms with van der Waals surface area (Å²) in [5.41, 5.74) is 31.2. The van der Waals surface area contributed by atoms with Gasteiger partial charge in [0.25, 0.3) is 11.1 Å². The summed E-state index contributed by atoms with van der Waals surface area (Å²) >= 11 is 0. The van der Waals surface area contributed by atoms with Crippen molar-refractivity contribution in [3.63, 3.8) is 0 Å². The third kappa shape index (κ3) is 19.9. The summed E-state index contributed by atoms with van der Waals surface area (Å²) in [4.78, 5) is 94.8. The molecule has 7 aliphatic heterocycles. The van der Waals surface area contributed by atoms with E-state index in [1.165, 1.54) is 17.2 Å². The van der Waals surface area contributed by atoms with Crippen LogP contribution in [0.2, 0.25) is 0 Å². The number of nitrogens with two attached hydrogens (primary N) is 5. The molecule has 1 aromatic carbocycles. The van der Waals surface area contributed by atoms with E-state index in [2.05, 4.69) is 162 Å². The fourth-order valence-corrected chi connectivity index (χ4v) is 17.0. The summed E-state index contributed by atoms with van der Waals surface area (Å²) in [6.07, 6.45) is 28.9. The Morgan fingerprint density at radius 2 is 0.905 bits per heavy atom. The number of rotatable bonds is 18. The predicted octanol–water partition coefficient (Wildman–Crippen LogP) is 9.45. The minimum atomic E-state index is -3.90. The quantitative estimate of drug-likeness (QED) is 0.0293. The molecular weight excluding hydrogens is 1740 g/mol. The van der Waals surface area contributed by atoms with Crippen LogP contribution >= 0.6 is 7.82 Å². The maximum absolute atomic E-state index is 12.0. The van der Waals surface area contributed by atoms with Gasteiger partial charge in [-0.15, -0.1) is 17.8 Å². The van der Waals surface area contributed by atoms with E-state index in [4.69, 9.17) is 66.7 Å². The van der Waals surface area contributed by atoms with E-state index in [0.29, 0.717) is 81.6 Å². The van der Waals surface area contributed by atoms with Crippen LogP contribution in [0.5, 0.6) is 5.75 Å². The Morgan fingerprint density at radius 3 is 1.29 bits per heavy atom. The molecule has 116 heavy (non-hydrogen) atoms. The van der Waals surface area contributed by atoms with Crippen molar-refractivity contribution in [2.75, 3.05) is 49.0 Å². The number of nitrogens with one attached hydrogen (secondary N) is 2. The molecule has 0 saturated carbocycles. The molecule has 3 radical (unpaired) electrons. The number of imidazole rings is 4. The standard InChI is InChI=1S/C15H21N5O3.C15H21N5O2.C13H18N5O2.C13H18N5O.C12H18N3O2.C7H9O4P.3Y/c1-3-8-10-13(23-15(8,4-2)5-6-22-10)20-7-17-9-11(20)18-14(16)19-12(9)21;1-3-9-11-14(22-15(9,4-2)5-6-21-11)20-8-19-10-12(16)17-7-18-13(10)20;1-3-7-5-9(20-8(7)4-2)18-6-15-10-11(18)16-13(14)17-12(10)19;1-3-8-5-10(19-9(8)4-2)18-7-17-11-12(14)15-6-16-13(11)18;1-3-8-7-11(17-9(8)4-2)15-6-5-10(13)14-12(15)16;1-10-12(8,9)11-7-5-3-2-4-6-7;;;/h7-8,10,13H,3-6H2,1-2H3,(H3,16,18,19,21);7-9,11,14H,3-6H2,1-2H3,(H2,16,17,18);5-9H,3-4H2,1-2H3,(H3,14,16,17,19);5-10H,3-4H2,1-2H3,(H2,14,15,16);5-9,11H,3-4H2,1-2H3,(H2,13,14,16);2-6H,1H3,(H,8,9);;;/q;;3*-1;;;;/t8-,10?,13-,15+;9-,11?,14-,15+;7-,8-,9-;8-,9-,10-;8-,9-,11-;;;;/m11111..../s1. The zero-order valence-electron chi connectivity index (χ0n) is 67.3. The molecule has 0 amide bonds. The molecule has 41 heteroatoms. The third-order valence-corrected chi connectivity index (χ3v) is 23.4. The van der Waals surface area contributed by atoms with E-state index in [1.54, 1.807) is 77.0 Å². The van der Waals surface area contributed by atoms with Crippen molar-refractivity contribution in [3.8, 4) is 5.75 Å². The number of nitrogen functional groups attached to an aromatic ring is 5. The predicted molar refractivity (Wildman–Crippen MR) is 421 cm³/mol. The van der Waals surface area contributed by atoms with E-state index < -0.39 is 7.82 Å². The van der Waals surface area contributed by atoms with Gasteiger partial charge in [0.2, 0.25) is 11.9 Å². The molecule has 0 aliphatic carbocycles. The summed E-state index contributed by atoms with van der Waals surface area (Å²) < 4.78 is 71.6. The second kappa shape index (κ2) is 41.4. The number of phosphoric acid groups is 1. The molecular formula is C75H105N23O14PY3-3. The van der Waals surface area contributed by atoms with E-state index in [1.807, 2.05) is 9.13 Å². The van der Waals surface area contributed by atoms with Gasteiger partial charge in [0.1, 0.15) is 47.5 Å². The maximum atomic E-state index is 12.0. The van der Waals surface area contributed by atoms with E-state index in [0.717, 1.165) is 96.4 Å². The average Bonchev–Trinajstić information content (AvgIpc) is 1.58. The number of nitrogens with zero attached hydrogens (tertiary/aromatic N) is 16. The smallest absolute Gasteiger partial charge is 0.404 e. The minimum Gasteiger partial charge on any atom is -0.404 e. The van der Waals surface area contributed by atoms with Crippen molar-refractivity contribution in [2.45, 2.75) is 219 Å². The van der Waals surface area contributed by atoms with E-state index in [9.17, 15) is 18.9 Å². The molecule has 3 unspecified atom stereocenters. The largest absolute Gasteiger partial charge is 0.527 e. The number of hydrogen-bond donors (Lipinski definition) is 8. The van der Waals surface area contributed by atoms with Gasteiger partial charge in [0, 0.05) is 186 Å². The minimum absolute atomic E-state index is 0. The number of fused-ring (bicyclic) bond motifs is 8. The summed E-state index contributed by atoms with van der Waals surface area (Å²) in [5.74, 6) is 3.50. The van der Waals surface area contributed by atoms with Crippen LogP contribution in [0.25, 0.3) is 44.7 Å². The van der Waals surface area contributed by atoms with Crippen LogP contribution in [0.4, 0.5) is 29.4 Å². The Balaban J connectivity index is 0.000000160. The van der Waals surface area contributed by atoms with Gasteiger partial charge < -0.3 is 80.1 Å². The number of aromatic amines is 2. The van der Waals surface area contributed by atoms with Gasteiger partial charge in [-0.3, -0.25) is 57.4 Å². The summed E-state index contributed by atoms with van der Waals surface area (Å²) in [7, 11) is -2.78. The zero-order valence-corrected chi connectivity index (χ0v) is 76.7. The van der Waals surface area contributed by atoms with Crippen LogP contribution in [0, 0.1) is 48.9 Å². The molecule has 0 spiro atoms. The molecule has 17 rings (SSSR count). The van der Waals surface area contributed by atoms with Gasteiger partial charge in [-0.2, -0.15) is 15.0 Å². The maximum Gasteiger partial charge on any atom is 0.527 e. The van der Waals surface area contributed by atoms with Crippen LogP contribution in [0.3, 0.4) is 0 Å². The van der Waals surface area contributed by atoms with Gasteiger partial charge in [-0.1, -0.05) is 107 Å². The monoisotopic (exact) mass is 1850 g/mol. The van der Waals surface area contributed by atoms with Crippen molar-refractivity contribution in [3.05, 3.63) is 131 Å². The third-order valence-electron chi connectivity index (χ3n) is 22.5. The van der Waals surface area contributed by atoms with Gasteiger partial charge in [-0.25, -0.2) is 49.2 Å². The fourth-order valence-electron chi connectivity index (χ4n) is 16.6. The number of hydrogen-bond acceptors (Lipinski definition) is 29. The molecule has 7 saturated heterocycles. The van der Waals surface area contributed by atoms with Gasteiger partial charge in [0.15, 0.2) is 57.7 Å². The molecule has 37 nitrogen and oxygen atoms in total. The first-order valence-corrected chi connectivity index (χ1v) is 40.3. The molecule has 621 valence electrons. The first kappa shape index (κ1) is 93.7. The number of anilines is 5. The number of para-hydroxylation sites is 1. The van der Waals surface area contributed by atoms with Crippen LogP contribution < -0.4 is 50.0 Å². The number of phosphoric ester groups is 1. The molecule has 9 aromatic heterocycles. The first-order valence-electron chi connectivity index (χ1n) is 38.8. The average molecular weight is 1850 g/mol. The molecule has 16 heterocycles. The van der Waals surface area contributed by atoms with Crippen LogP contribution in [-0.4, -0.2) is 155 Å². The Kier molecular flexibility index (Phi) is 33.5. The second-order valence-electron chi connectivity index (χ2n) is 28.6. The molecule has 7 fully saturated rings. The Morgan fingerprint density at radius 1 is 0.509 bits per heavy atom. The van der Waals surface area contributed by atoms with Crippen LogP contribution in [0.15, 0.2) is 94.9 Å². The number of aromatic nitrogens is 18. The number of ether oxygens (including phenoxy) is 7. The molecule has 7 aliphatic rings. The molecule has 10 aromatic rings. The summed E-state index contributed by atoms with van der Waals surface area (Å²) in [5, 5.41) is 0. The topological polar surface area (TPSA) is 500 Å². The zero-order chi connectivity index (χ0) is 80.6. The van der Waals surface area contributed by atoms with Gasteiger partial charge in [-0.05, 0) is 63.1 Å². The van der Waals surface area contributed by atoms with Crippen molar-refractivity contribution >= 4 is 81.8 Å².